The summed E-state index contributed by atoms with van der Waals surface area (Å²) >= 11 is 5.83. The molecule has 0 radical (unpaired) electrons. The number of nitrogens with one attached hydrogen (secondary N) is 1. The summed E-state index contributed by atoms with van der Waals surface area (Å²) in [4.78, 5) is 12.0. The zero-order chi connectivity index (χ0) is 12.8. The molecule has 1 aliphatic carbocycles. The molecule has 1 aliphatic rings. The van der Waals surface area contributed by atoms with Gasteiger partial charge >= 0.3 is 0 Å². The lowest BCUT2D eigenvalue weighted by Gasteiger charge is -2.49. The Balaban J connectivity index is 2.06. The molecule has 4 nitrogen and oxygen atoms in total. The van der Waals surface area contributed by atoms with Crippen molar-refractivity contribution in [2.24, 2.45) is 12.5 Å². The Hall–Kier alpha value is -1.00. The van der Waals surface area contributed by atoms with Crippen molar-refractivity contribution >= 4 is 17.5 Å². The standard InChI is InChI=1S/C12H17ClN2O2/c1-12(2)9(5-10(12)16)14-11(17)8-4-7(13)6-15(8)3/h4,6,9-10,16H,5H2,1-3H3,(H,14,17). The summed E-state index contributed by atoms with van der Waals surface area (Å²) in [5.41, 5.74) is 0.275. The maximum absolute atomic E-state index is 12.0. The molecule has 1 saturated carbocycles. The van der Waals surface area contributed by atoms with E-state index in [2.05, 4.69) is 5.32 Å². The van der Waals surface area contributed by atoms with Crippen LogP contribution in [0.5, 0.6) is 0 Å². The molecule has 0 bridgehead atoms. The quantitative estimate of drug-likeness (QED) is 0.844. The fourth-order valence-corrected chi connectivity index (χ4v) is 2.38. The molecule has 5 heteroatoms. The highest BCUT2D eigenvalue weighted by molar-refractivity contribution is 6.31. The molecule has 2 atom stereocenters. The van der Waals surface area contributed by atoms with Gasteiger partial charge in [-0.3, -0.25) is 4.79 Å². The smallest absolute Gasteiger partial charge is 0.268 e. The lowest BCUT2D eigenvalue weighted by Crippen LogP contribution is -2.61. The van der Waals surface area contributed by atoms with Gasteiger partial charge in [0, 0.05) is 24.7 Å². The van der Waals surface area contributed by atoms with Gasteiger partial charge < -0.3 is 15.0 Å². The average Bonchev–Trinajstić information content (AvgIpc) is 2.57. The van der Waals surface area contributed by atoms with Crippen LogP contribution in [0.4, 0.5) is 0 Å². The van der Waals surface area contributed by atoms with E-state index < -0.39 is 0 Å². The number of aliphatic hydroxyl groups is 1. The third-order valence-electron chi connectivity index (χ3n) is 3.73. The van der Waals surface area contributed by atoms with Crippen LogP contribution in [0.25, 0.3) is 0 Å². The first-order valence-electron chi connectivity index (χ1n) is 5.63. The molecule has 17 heavy (non-hydrogen) atoms. The largest absolute Gasteiger partial charge is 0.392 e. The Morgan fingerprint density at radius 1 is 1.65 bits per heavy atom. The van der Waals surface area contributed by atoms with Gasteiger partial charge in [-0.05, 0) is 12.5 Å². The molecule has 1 fully saturated rings. The second kappa shape index (κ2) is 4.03. The van der Waals surface area contributed by atoms with Crippen LogP contribution < -0.4 is 5.32 Å². The zero-order valence-corrected chi connectivity index (χ0v) is 11.0. The van der Waals surface area contributed by atoms with Gasteiger partial charge in [0.2, 0.25) is 0 Å². The Kier molecular flexibility index (Phi) is 2.96. The van der Waals surface area contributed by atoms with Crippen LogP contribution in [-0.4, -0.2) is 27.7 Å². The van der Waals surface area contributed by atoms with Crippen molar-refractivity contribution < 1.29 is 9.90 Å². The van der Waals surface area contributed by atoms with Crippen LogP contribution in [0.3, 0.4) is 0 Å². The highest BCUT2D eigenvalue weighted by atomic mass is 35.5. The van der Waals surface area contributed by atoms with E-state index in [-0.39, 0.29) is 23.5 Å². The minimum atomic E-state index is -0.343. The molecule has 1 aromatic rings. The Morgan fingerprint density at radius 3 is 2.71 bits per heavy atom. The van der Waals surface area contributed by atoms with Gasteiger partial charge in [-0.1, -0.05) is 25.4 Å². The first-order valence-corrected chi connectivity index (χ1v) is 6.01. The summed E-state index contributed by atoms with van der Waals surface area (Å²) in [6.45, 7) is 3.90. The molecule has 0 spiro atoms. The van der Waals surface area contributed by atoms with Crippen LogP contribution in [0, 0.1) is 5.41 Å². The third kappa shape index (κ3) is 2.07. The van der Waals surface area contributed by atoms with Crippen molar-refractivity contribution in [3.05, 3.63) is 23.0 Å². The van der Waals surface area contributed by atoms with E-state index in [9.17, 15) is 9.90 Å². The maximum Gasteiger partial charge on any atom is 0.268 e. The molecule has 0 saturated heterocycles. The summed E-state index contributed by atoms with van der Waals surface area (Å²) in [5.74, 6) is -0.149. The van der Waals surface area contributed by atoms with Crippen LogP contribution in [-0.2, 0) is 7.05 Å². The van der Waals surface area contributed by atoms with Crippen LogP contribution in [0.1, 0.15) is 30.8 Å². The van der Waals surface area contributed by atoms with E-state index in [1.807, 2.05) is 13.8 Å². The van der Waals surface area contributed by atoms with Crippen LogP contribution in [0.2, 0.25) is 5.02 Å². The maximum atomic E-state index is 12.0. The third-order valence-corrected chi connectivity index (χ3v) is 3.93. The van der Waals surface area contributed by atoms with E-state index in [1.165, 1.54) is 0 Å². The molecule has 1 aromatic heterocycles. The minimum Gasteiger partial charge on any atom is -0.392 e. The van der Waals surface area contributed by atoms with Crippen molar-refractivity contribution in [1.82, 2.24) is 9.88 Å². The number of hydrogen-bond donors (Lipinski definition) is 2. The van der Waals surface area contributed by atoms with Crippen molar-refractivity contribution in [2.45, 2.75) is 32.4 Å². The number of halogens is 1. The summed E-state index contributed by atoms with van der Waals surface area (Å²) in [6, 6.07) is 1.65. The van der Waals surface area contributed by atoms with Crippen LogP contribution >= 0.6 is 11.6 Å². The molecule has 1 amide bonds. The van der Waals surface area contributed by atoms with E-state index in [4.69, 9.17) is 11.6 Å². The summed E-state index contributed by atoms with van der Waals surface area (Å²) in [7, 11) is 1.78. The number of carbonyl (C=O) groups is 1. The van der Waals surface area contributed by atoms with Gasteiger partial charge in [-0.2, -0.15) is 0 Å². The Bertz CT molecular complexity index is 453. The summed E-state index contributed by atoms with van der Waals surface area (Å²) < 4.78 is 1.69. The first-order chi connectivity index (χ1) is 7.82. The van der Waals surface area contributed by atoms with E-state index >= 15 is 0 Å². The number of hydrogen-bond acceptors (Lipinski definition) is 2. The van der Waals surface area contributed by atoms with Gasteiger partial charge in [0.1, 0.15) is 5.69 Å². The molecule has 0 aromatic carbocycles. The normalized spacial score (nSPS) is 26.4. The predicted molar refractivity (Wildman–Crippen MR) is 66.1 cm³/mol. The van der Waals surface area contributed by atoms with E-state index in [0.29, 0.717) is 17.1 Å². The number of aromatic nitrogens is 1. The molecule has 1 heterocycles. The SMILES string of the molecule is Cn1cc(Cl)cc1C(=O)NC1CC(O)C1(C)C. The molecule has 0 aliphatic heterocycles. The molecule has 2 rings (SSSR count). The van der Waals surface area contributed by atoms with Crippen molar-refractivity contribution in [1.29, 1.82) is 0 Å². The fraction of sp³-hybridized carbons (Fsp3) is 0.583. The topological polar surface area (TPSA) is 54.3 Å². The number of aliphatic hydroxyl groups excluding tert-OH is 1. The molecular weight excluding hydrogens is 240 g/mol. The first kappa shape index (κ1) is 12.5. The summed E-state index contributed by atoms with van der Waals surface area (Å²) in [5, 5.41) is 13.1. The van der Waals surface area contributed by atoms with Crippen molar-refractivity contribution in [2.75, 3.05) is 0 Å². The van der Waals surface area contributed by atoms with Gasteiger partial charge in [-0.15, -0.1) is 0 Å². The lowest BCUT2D eigenvalue weighted by molar-refractivity contribution is -0.0690. The summed E-state index contributed by atoms with van der Waals surface area (Å²) in [6.07, 6.45) is 1.96. The number of nitrogens with zero attached hydrogens (tertiary/aromatic N) is 1. The molecule has 2 N–H and O–H groups in total. The highest BCUT2D eigenvalue weighted by Crippen LogP contribution is 2.40. The number of carbonyl (C=O) groups excluding carboxylic acids is 1. The Labute approximate surface area is 106 Å². The molecular formula is C12H17ClN2O2. The van der Waals surface area contributed by atoms with Gasteiger partial charge in [0.25, 0.3) is 5.91 Å². The monoisotopic (exact) mass is 256 g/mol. The second-order valence-electron chi connectivity index (χ2n) is 5.25. The number of amides is 1. The van der Waals surface area contributed by atoms with Crippen molar-refractivity contribution in [3.63, 3.8) is 0 Å². The zero-order valence-electron chi connectivity index (χ0n) is 10.2. The van der Waals surface area contributed by atoms with Crippen LogP contribution in [0.15, 0.2) is 12.3 Å². The van der Waals surface area contributed by atoms with E-state index in [1.54, 1.807) is 23.9 Å². The molecule has 94 valence electrons. The van der Waals surface area contributed by atoms with Gasteiger partial charge in [0.05, 0.1) is 11.1 Å². The Morgan fingerprint density at radius 2 is 2.29 bits per heavy atom. The van der Waals surface area contributed by atoms with Gasteiger partial charge in [0.15, 0.2) is 0 Å². The fourth-order valence-electron chi connectivity index (χ4n) is 2.13. The predicted octanol–water partition coefficient (Wildman–Crippen LogP) is 1.57. The second-order valence-corrected chi connectivity index (χ2v) is 5.69. The average molecular weight is 257 g/mol. The van der Waals surface area contributed by atoms with E-state index in [0.717, 1.165) is 0 Å². The lowest BCUT2D eigenvalue weighted by atomic mass is 9.64. The number of aryl methyl sites for hydroxylation is 1. The highest BCUT2D eigenvalue weighted by Gasteiger charge is 2.48. The minimum absolute atomic E-state index is 0.0127. The van der Waals surface area contributed by atoms with Gasteiger partial charge in [-0.25, -0.2) is 0 Å². The molecule has 2 unspecified atom stereocenters. The number of rotatable bonds is 2. The van der Waals surface area contributed by atoms with Crippen molar-refractivity contribution in [3.8, 4) is 0 Å².